The topological polar surface area (TPSA) is 34.1 Å². The van der Waals surface area contributed by atoms with Crippen molar-refractivity contribution in [3.05, 3.63) is 33.3 Å². The standard InChI is InChI=1S/C8H7Cl3O2S/c1-5-2-7(9)8(10)3-6(5)4-14(11,12)13/h2-3H,4H2,1H3. The normalized spacial score (nSPS) is 11.7. The van der Waals surface area contributed by atoms with E-state index in [1.807, 2.05) is 0 Å². The summed E-state index contributed by atoms with van der Waals surface area (Å²) >= 11 is 11.5. The van der Waals surface area contributed by atoms with Crippen LogP contribution in [0, 0.1) is 6.92 Å². The van der Waals surface area contributed by atoms with Crippen LogP contribution < -0.4 is 0 Å². The van der Waals surface area contributed by atoms with Gasteiger partial charge in [0.15, 0.2) is 0 Å². The molecule has 0 atom stereocenters. The van der Waals surface area contributed by atoms with E-state index in [0.29, 0.717) is 15.6 Å². The number of hydrogen-bond acceptors (Lipinski definition) is 2. The van der Waals surface area contributed by atoms with Crippen molar-refractivity contribution < 1.29 is 8.42 Å². The molecule has 0 radical (unpaired) electrons. The molecule has 0 fully saturated rings. The van der Waals surface area contributed by atoms with Crippen molar-refractivity contribution in [1.29, 1.82) is 0 Å². The molecule has 14 heavy (non-hydrogen) atoms. The first-order valence-electron chi connectivity index (χ1n) is 3.66. The van der Waals surface area contributed by atoms with Crippen molar-refractivity contribution in [3.8, 4) is 0 Å². The third-order valence-electron chi connectivity index (χ3n) is 1.71. The summed E-state index contributed by atoms with van der Waals surface area (Å²) in [6.07, 6.45) is 0. The van der Waals surface area contributed by atoms with Gasteiger partial charge in [0.2, 0.25) is 9.05 Å². The predicted molar refractivity (Wildman–Crippen MR) is 59.7 cm³/mol. The second-order valence-electron chi connectivity index (χ2n) is 2.88. The molecule has 0 aliphatic heterocycles. The molecule has 2 nitrogen and oxygen atoms in total. The van der Waals surface area contributed by atoms with Crippen molar-refractivity contribution in [2.24, 2.45) is 0 Å². The van der Waals surface area contributed by atoms with Gasteiger partial charge >= 0.3 is 0 Å². The maximum atomic E-state index is 10.8. The van der Waals surface area contributed by atoms with Crippen LogP contribution in [0.15, 0.2) is 12.1 Å². The molecule has 0 saturated carbocycles. The number of benzene rings is 1. The van der Waals surface area contributed by atoms with E-state index in [9.17, 15) is 8.42 Å². The number of aryl methyl sites for hydroxylation is 1. The maximum absolute atomic E-state index is 10.8. The number of halogens is 3. The lowest BCUT2D eigenvalue weighted by atomic mass is 10.1. The first kappa shape index (κ1) is 12.1. The van der Waals surface area contributed by atoms with E-state index in [1.165, 1.54) is 6.07 Å². The van der Waals surface area contributed by atoms with E-state index in [0.717, 1.165) is 5.56 Å². The Bertz CT molecular complexity index is 454. The van der Waals surface area contributed by atoms with Crippen molar-refractivity contribution in [2.45, 2.75) is 12.7 Å². The zero-order chi connectivity index (χ0) is 10.9. The Kier molecular flexibility index (Phi) is 3.69. The average molecular weight is 274 g/mol. The van der Waals surface area contributed by atoms with Crippen LogP contribution in [0.3, 0.4) is 0 Å². The summed E-state index contributed by atoms with van der Waals surface area (Å²) in [4.78, 5) is 0. The molecule has 6 heteroatoms. The molecule has 1 aromatic carbocycles. The minimum absolute atomic E-state index is 0.239. The molecule has 0 bridgehead atoms. The number of hydrogen-bond donors (Lipinski definition) is 0. The second kappa shape index (κ2) is 4.27. The van der Waals surface area contributed by atoms with Crippen LogP contribution in [0.4, 0.5) is 0 Å². The molecule has 0 amide bonds. The Hall–Kier alpha value is 0.0400. The third-order valence-corrected chi connectivity index (χ3v) is 3.41. The Morgan fingerprint density at radius 2 is 1.71 bits per heavy atom. The summed E-state index contributed by atoms with van der Waals surface area (Å²) in [5, 5.41) is 0.729. The fourth-order valence-corrected chi connectivity index (χ4v) is 2.47. The molecular weight excluding hydrogens is 267 g/mol. The highest BCUT2D eigenvalue weighted by atomic mass is 35.7. The van der Waals surface area contributed by atoms with Crippen LogP contribution in [0.5, 0.6) is 0 Å². The molecule has 0 N–H and O–H groups in total. The van der Waals surface area contributed by atoms with Gasteiger partial charge in [-0.2, -0.15) is 0 Å². The van der Waals surface area contributed by atoms with Gasteiger partial charge in [0.25, 0.3) is 0 Å². The summed E-state index contributed by atoms with van der Waals surface area (Å²) in [5.41, 5.74) is 1.32. The highest BCUT2D eigenvalue weighted by Gasteiger charge is 2.11. The van der Waals surface area contributed by atoms with E-state index < -0.39 is 9.05 Å². The largest absolute Gasteiger partial charge is 0.236 e. The summed E-state index contributed by atoms with van der Waals surface area (Å²) in [6.45, 7) is 1.75. The quantitative estimate of drug-likeness (QED) is 0.774. The first-order chi connectivity index (χ1) is 6.29. The summed E-state index contributed by atoms with van der Waals surface area (Å²) < 4.78 is 21.7. The monoisotopic (exact) mass is 272 g/mol. The van der Waals surface area contributed by atoms with Crippen molar-refractivity contribution in [2.75, 3.05) is 0 Å². The second-order valence-corrected chi connectivity index (χ2v) is 6.47. The van der Waals surface area contributed by atoms with Crippen molar-refractivity contribution >= 4 is 42.9 Å². The number of rotatable bonds is 2. The lowest BCUT2D eigenvalue weighted by molar-refractivity contribution is 0.609. The lowest BCUT2D eigenvalue weighted by Gasteiger charge is -2.05. The van der Waals surface area contributed by atoms with Crippen LogP contribution in [0.25, 0.3) is 0 Å². The van der Waals surface area contributed by atoms with Gasteiger partial charge in [0.05, 0.1) is 15.8 Å². The van der Waals surface area contributed by atoms with E-state index in [-0.39, 0.29) is 5.75 Å². The minimum atomic E-state index is -3.56. The van der Waals surface area contributed by atoms with E-state index in [2.05, 4.69) is 0 Å². The molecule has 1 aromatic rings. The SMILES string of the molecule is Cc1cc(Cl)c(Cl)cc1CS(=O)(=O)Cl. The average Bonchev–Trinajstić information content (AvgIpc) is 1.97. The van der Waals surface area contributed by atoms with Crippen LogP contribution in [0.1, 0.15) is 11.1 Å². The van der Waals surface area contributed by atoms with Crippen LogP contribution in [-0.4, -0.2) is 8.42 Å². The molecule has 0 saturated heterocycles. The summed E-state index contributed by atoms with van der Waals surface area (Å²) in [6, 6.07) is 3.13. The van der Waals surface area contributed by atoms with Crippen LogP contribution >= 0.6 is 33.9 Å². The Morgan fingerprint density at radius 3 is 2.21 bits per heavy atom. The fraction of sp³-hybridized carbons (Fsp3) is 0.250. The fourth-order valence-electron chi connectivity index (χ4n) is 1.03. The van der Waals surface area contributed by atoms with E-state index in [4.69, 9.17) is 33.9 Å². The smallest absolute Gasteiger partial charge is 0.212 e. The Balaban J connectivity index is 3.17. The molecule has 1 rings (SSSR count). The zero-order valence-electron chi connectivity index (χ0n) is 7.22. The van der Waals surface area contributed by atoms with Gasteiger partial charge < -0.3 is 0 Å². The van der Waals surface area contributed by atoms with Gasteiger partial charge in [0, 0.05) is 10.7 Å². The maximum Gasteiger partial charge on any atom is 0.236 e. The molecule has 0 spiro atoms. The van der Waals surface area contributed by atoms with Gasteiger partial charge in [0.1, 0.15) is 0 Å². The molecular formula is C8H7Cl3O2S. The molecule has 0 aromatic heterocycles. The zero-order valence-corrected chi connectivity index (χ0v) is 10.3. The molecule has 0 aliphatic rings. The lowest BCUT2D eigenvalue weighted by Crippen LogP contribution is -1.97. The van der Waals surface area contributed by atoms with Crippen LogP contribution in [-0.2, 0) is 14.8 Å². The molecule has 78 valence electrons. The van der Waals surface area contributed by atoms with E-state index in [1.54, 1.807) is 13.0 Å². The van der Waals surface area contributed by atoms with Gasteiger partial charge in [-0.3, -0.25) is 0 Å². The highest BCUT2D eigenvalue weighted by molar-refractivity contribution is 8.13. The van der Waals surface area contributed by atoms with Gasteiger partial charge in [-0.15, -0.1) is 0 Å². The van der Waals surface area contributed by atoms with Crippen molar-refractivity contribution in [1.82, 2.24) is 0 Å². The Labute approximate surface area is 97.2 Å². The molecule has 0 heterocycles. The Morgan fingerprint density at radius 1 is 1.21 bits per heavy atom. The first-order valence-corrected chi connectivity index (χ1v) is 6.90. The highest BCUT2D eigenvalue weighted by Crippen LogP contribution is 2.27. The minimum Gasteiger partial charge on any atom is -0.212 e. The molecule has 0 unspecified atom stereocenters. The predicted octanol–water partition coefficient (Wildman–Crippen LogP) is 3.37. The van der Waals surface area contributed by atoms with Gasteiger partial charge in [-0.1, -0.05) is 23.2 Å². The summed E-state index contributed by atoms with van der Waals surface area (Å²) in [5.74, 6) is -0.239. The van der Waals surface area contributed by atoms with Crippen LogP contribution in [0.2, 0.25) is 10.0 Å². The summed E-state index contributed by atoms with van der Waals surface area (Å²) in [7, 11) is 1.57. The van der Waals surface area contributed by atoms with E-state index >= 15 is 0 Å². The third kappa shape index (κ3) is 3.31. The van der Waals surface area contributed by atoms with Gasteiger partial charge in [-0.05, 0) is 30.2 Å². The van der Waals surface area contributed by atoms with Gasteiger partial charge in [-0.25, -0.2) is 8.42 Å². The van der Waals surface area contributed by atoms with Crippen molar-refractivity contribution in [3.63, 3.8) is 0 Å². The molecule has 0 aliphatic carbocycles.